The Bertz CT molecular complexity index is 462. The van der Waals surface area contributed by atoms with Crippen molar-refractivity contribution in [1.29, 1.82) is 0 Å². The van der Waals surface area contributed by atoms with E-state index >= 15 is 0 Å². The van der Waals surface area contributed by atoms with Crippen LogP contribution in [0.5, 0.6) is 0 Å². The standard InChI is InChI=1S/C14H20BrN3O2/c15-11-2-3-13(16)12(10-11)14(19)17-4-1-5-18-6-8-20-9-7-18/h2-3,10H,1,4-9,16H2,(H,17,19). The van der Waals surface area contributed by atoms with E-state index in [2.05, 4.69) is 26.1 Å². The molecule has 1 aliphatic heterocycles. The predicted octanol–water partition coefficient (Wildman–Crippen LogP) is 1.48. The number of nitrogens with one attached hydrogen (secondary N) is 1. The highest BCUT2D eigenvalue weighted by atomic mass is 79.9. The second-order valence-electron chi connectivity index (χ2n) is 4.80. The summed E-state index contributed by atoms with van der Waals surface area (Å²) in [6.45, 7) is 5.21. The van der Waals surface area contributed by atoms with Gasteiger partial charge >= 0.3 is 0 Å². The minimum atomic E-state index is -0.120. The lowest BCUT2D eigenvalue weighted by atomic mass is 10.1. The van der Waals surface area contributed by atoms with Crippen molar-refractivity contribution in [3.05, 3.63) is 28.2 Å². The molecular weight excluding hydrogens is 322 g/mol. The van der Waals surface area contributed by atoms with E-state index in [0.29, 0.717) is 17.8 Å². The van der Waals surface area contributed by atoms with Gasteiger partial charge in [0.15, 0.2) is 0 Å². The highest BCUT2D eigenvalue weighted by molar-refractivity contribution is 9.10. The molecule has 1 saturated heterocycles. The van der Waals surface area contributed by atoms with Crippen LogP contribution in [0.4, 0.5) is 5.69 Å². The van der Waals surface area contributed by atoms with Gasteiger partial charge in [-0.1, -0.05) is 15.9 Å². The number of nitrogen functional groups attached to an aromatic ring is 1. The van der Waals surface area contributed by atoms with Crippen molar-refractivity contribution in [3.8, 4) is 0 Å². The Kier molecular flexibility index (Phi) is 5.82. The summed E-state index contributed by atoms with van der Waals surface area (Å²) in [5.41, 5.74) is 6.83. The molecular formula is C14H20BrN3O2. The number of ether oxygens (including phenoxy) is 1. The summed E-state index contributed by atoms with van der Waals surface area (Å²) in [6.07, 6.45) is 0.930. The molecule has 0 unspecified atom stereocenters. The summed E-state index contributed by atoms with van der Waals surface area (Å²) >= 11 is 3.34. The highest BCUT2D eigenvalue weighted by Crippen LogP contribution is 2.18. The van der Waals surface area contributed by atoms with Crippen LogP contribution in [0.25, 0.3) is 0 Å². The number of nitrogens with zero attached hydrogens (tertiary/aromatic N) is 1. The molecule has 6 heteroatoms. The van der Waals surface area contributed by atoms with Gasteiger partial charge in [0.05, 0.1) is 18.8 Å². The summed E-state index contributed by atoms with van der Waals surface area (Å²) in [4.78, 5) is 14.4. The van der Waals surface area contributed by atoms with Crippen LogP contribution in [0.1, 0.15) is 16.8 Å². The van der Waals surface area contributed by atoms with Crippen molar-refractivity contribution < 1.29 is 9.53 Å². The van der Waals surface area contributed by atoms with Crippen LogP contribution in [0.15, 0.2) is 22.7 Å². The van der Waals surface area contributed by atoms with Gasteiger partial charge in [-0.15, -0.1) is 0 Å². The zero-order valence-corrected chi connectivity index (χ0v) is 13.0. The summed E-state index contributed by atoms with van der Waals surface area (Å²) < 4.78 is 6.15. The Morgan fingerprint density at radius 3 is 2.90 bits per heavy atom. The molecule has 1 aromatic carbocycles. The zero-order valence-electron chi connectivity index (χ0n) is 11.4. The molecule has 110 valence electrons. The lowest BCUT2D eigenvalue weighted by molar-refractivity contribution is 0.0374. The van der Waals surface area contributed by atoms with Gasteiger partial charge in [-0.2, -0.15) is 0 Å². The minimum absolute atomic E-state index is 0.120. The molecule has 0 spiro atoms. The van der Waals surface area contributed by atoms with E-state index in [0.717, 1.165) is 43.7 Å². The quantitative estimate of drug-likeness (QED) is 0.628. The first-order chi connectivity index (χ1) is 9.66. The molecule has 1 fully saturated rings. The molecule has 0 atom stereocenters. The summed E-state index contributed by atoms with van der Waals surface area (Å²) in [5.74, 6) is -0.120. The molecule has 1 amide bonds. The van der Waals surface area contributed by atoms with Gasteiger partial charge in [0.2, 0.25) is 0 Å². The van der Waals surface area contributed by atoms with Crippen LogP contribution >= 0.6 is 15.9 Å². The van der Waals surface area contributed by atoms with Crippen molar-refractivity contribution in [1.82, 2.24) is 10.2 Å². The number of rotatable bonds is 5. The normalized spacial score (nSPS) is 16.1. The van der Waals surface area contributed by atoms with Crippen LogP contribution < -0.4 is 11.1 Å². The smallest absolute Gasteiger partial charge is 0.253 e. The molecule has 0 radical (unpaired) electrons. The predicted molar refractivity (Wildman–Crippen MR) is 82.8 cm³/mol. The Morgan fingerprint density at radius 2 is 2.15 bits per heavy atom. The lowest BCUT2D eigenvalue weighted by Gasteiger charge is -2.26. The van der Waals surface area contributed by atoms with Gasteiger partial charge < -0.3 is 15.8 Å². The number of nitrogens with two attached hydrogens (primary N) is 1. The van der Waals surface area contributed by atoms with Crippen molar-refractivity contribution in [2.24, 2.45) is 0 Å². The van der Waals surface area contributed by atoms with E-state index in [1.54, 1.807) is 12.1 Å². The fraction of sp³-hybridized carbons (Fsp3) is 0.500. The molecule has 1 aromatic rings. The molecule has 0 aromatic heterocycles. The first kappa shape index (κ1) is 15.3. The average Bonchev–Trinajstić information content (AvgIpc) is 2.47. The second kappa shape index (κ2) is 7.61. The fourth-order valence-corrected chi connectivity index (χ4v) is 2.51. The van der Waals surface area contributed by atoms with Gasteiger partial charge in [-0.25, -0.2) is 0 Å². The van der Waals surface area contributed by atoms with Gasteiger partial charge in [-0.05, 0) is 31.2 Å². The summed E-state index contributed by atoms with van der Waals surface area (Å²) in [6, 6.07) is 5.30. The van der Waals surface area contributed by atoms with E-state index in [-0.39, 0.29) is 5.91 Å². The van der Waals surface area contributed by atoms with Gasteiger partial charge in [0.1, 0.15) is 0 Å². The van der Waals surface area contributed by atoms with E-state index in [9.17, 15) is 4.79 Å². The molecule has 2 rings (SSSR count). The molecule has 1 aliphatic rings. The summed E-state index contributed by atoms with van der Waals surface area (Å²) in [7, 11) is 0. The van der Waals surface area contributed by atoms with E-state index < -0.39 is 0 Å². The van der Waals surface area contributed by atoms with Gasteiger partial charge in [-0.3, -0.25) is 9.69 Å². The monoisotopic (exact) mass is 341 g/mol. The SMILES string of the molecule is Nc1ccc(Br)cc1C(=O)NCCCN1CCOCC1. The first-order valence-corrected chi connectivity index (χ1v) is 7.59. The molecule has 20 heavy (non-hydrogen) atoms. The van der Waals surface area contributed by atoms with Crippen molar-refractivity contribution in [2.75, 3.05) is 45.1 Å². The van der Waals surface area contributed by atoms with E-state index in [1.807, 2.05) is 6.07 Å². The number of morpholine rings is 1. The Hall–Kier alpha value is -1.11. The number of carbonyl (C=O) groups is 1. The lowest BCUT2D eigenvalue weighted by Crippen LogP contribution is -2.38. The molecule has 5 nitrogen and oxygen atoms in total. The number of hydrogen-bond donors (Lipinski definition) is 2. The molecule has 0 bridgehead atoms. The van der Waals surface area contributed by atoms with Crippen LogP contribution in [0.2, 0.25) is 0 Å². The third-order valence-electron chi connectivity index (χ3n) is 3.30. The van der Waals surface area contributed by atoms with Crippen molar-refractivity contribution >= 4 is 27.5 Å². The minimum Gasteiger partial charge on any atom is -0.398 e. The van der Waals surface area contributed by atoms with E-state index in [1.165, 1.54) is 0 Å². The molecule has 1 heterocycles. The maximum absolute atomic E-state index is 12.0. The number of hydrogen-bond acceptors (Lipinski definition) is 4. The molecule has 0 saturated carbocycles. The van der Waals surface area contributed by atoms with Gasteiger partial charge in [0.25, 0.3) is 5.91 Å². The molecule has 3 N–H and O–H groups in total. The first-order valence-electron chi connectivity index (χ1n) is 6.80. The number of anilines is 1. The van der Waals surface area contributed by atoms with Crippen LogP contribution in [0, 0.1) is 0 Å². The highest BCUT2D eigenvalue weighted by Gasteiger charge is 2.11. The van der Waals surface area contributed by atoms with E-state index in [4.69, 9.17) is 10.5 Å². The third-order valence-corrected chi connectivity index (χ3v) is 3.79. The largest absolute Gasteiger partial charge is 0.398 e. The summed E-state index contributed by atoms with van der Waals surface area (Å²) in [5, 5.41) is 2.91. The maximum Gasteiger partial charge on any atom is 0.253 e. The maximum atomic E-state index is 12.0. The van der Waals surface area contributed by atoms with Crippen LogP contribution in [-0.2, 0) is 4.74 Å². The number of halogens is 1. The van der Waals surface area contributed by atoms with Crippen molar-refractivity contribution in [2.45, 2.75) is 6.42 Å². The third kappa shape index (κ3) is 4.47. The van der Waals surface area contributed by atoms with Gasteiger partial charge in [0, 0.05) is 29.8 Å². The Balaban J connectivity index is 1.73. The topological polar surface area (TPSA) is 67.6 Å². The average molecular weight is 342 g/mol. The van der Waals surface area contributed by atoms with Crippen molar-refractivity contribution in [3.63, 3.8) is 0 Å². The zero-order chi connectivity index (χ0) is 14.4. The number of benzene rings is 1. The molecule has 0 aliphatic carbocycles. The second-order valence-corrected chi connectivity index (χ2v) is 5.71. The Labute approximate surface area is 127 Å². The number of amides is 1. The van der Waals surface area contributed by atoms with Crippen LogP contribution in [-0.4, -0.2) is 50.2 Å². The fourth-order valence-electron chi connectivity index (χ4n) is 2.15. The van der Waals surface area contributed by atoms with Crippen LogP contribution in [0.3, 0.4) is 0 Å². The number of carbonyl (C=O) groups excluding carboxylic acids is 1. The Morgan fingerprint density at radius 1 is 1.40 bits per heavy atom.